The number of hydrogen-bond donors (Lipinski definition) is 3. The summed E-state index contributed by atoms with van der Waals surface area (Å²) in [7, 11) is 0. The second-order valence-corrected chi connectivity index (χ2v) is 2.99. The molecule has 4 nitrogen and oxygen atoms in total. The van der Waals surface area contributed by atoms with Crippen LogP contribution in [0.3, 0.4) is 0 Å². The smallest absolute Gasteiger partial charge is 0.335 e. The van der Waals surface area contributed by atoms with Crippen molar-refractivity contribution in [3.63, 3.8) is 0 Å². The van der Waals surface area contributed by atoms with E-state index in [2.05, 4.69) is 0 Å². The Morgan fingerprint density at radius 2 is 1.93 bits per heavy atom. The summed E-state index contributed by atoms with van der Waals surface area (Å²) >= 11 is 0. The minimum atomic E-state index is -1.01. The van der Waals surface area contributed by atoms with Gasteiger partial charge >= 0.3 is 5.97 Å². The Morgan fingerprint density at radius 1 is 1.29 bits per heavy atom. The maximum Gasteiger partial charge on any atom is 0.335 e. The van der Waals surface area contributed by atoms with Crippen molar-refractivity contribution in [1.82, 2.24) is 0 Å². The number of aromatic carboxylic acids is 1. The first-order valence-electron chi connectivity index (χ1n) is 4.24. The quantitative estimate of drug-likeness (QED) is 0.653. The Balaban J connectivity index is 2.98. The molecule has 0 saturated heterocycles. The molecule has 1 aromatic rings. The van der Waals surface area contributed by atoms with E-state index < -0.39 is 11.9 Å². The van der Waals surface area contributed by atoms with Crippen molar-refractivity contribution in [3.05, 3.63) is 35.4 Å². The van der Waals surface area contributed by atoms with Gasteiger partial charge in [0.25, 0.3) is 0 Å². The fraction of sp³-hybridized carbons (Fsp3) is 0.300. The molecule has 0 fully saturated rings. The Hall–Kier alpha value is -1.39. The van der Waals surface area contributed by atoms with Gasteiger partial charge in [-0.1, -0.05) is 12.1 Å². The largest absolute Gasteiger partial charge is 0.478 e. The molecule has 4 heteroatoms. The van der Waals surface area contributed by atoms with Gasteiger partial charge in [-0.25, -0.2) is 4.79 Å². The molecule has 0 saturated carbocycles. The van der Waals surface area contributed by atoms with Crippen LogP contribution >= 0.6 is 0 Å². The number of rotatable bonds is 4. The lowest BCUT2D eigenvalue weighted by Gasteiger charge is -2.11. The minimum Gasteiger partial charge on any atom is -0.478 e. The summed E-state index contributed by atoms with van der Waals surface area (Å²) in [5.74, 6) is -1.42. The molecule has 3 N–H and O–H groups in total. The highest BCUT2D eigenvalue weighted by Gasteiger charge is 2.11. The van der Waals surface area contributed by atoms with Crippen LogP contribution in [0.5, 0.6) is 0 Å². The predicted molar refractivity (Wildman–Crippen MR) is 50.3 cm³/mol. The van der Waals surface area contributed by atoms with Crippen LogP contribution in [0.2, 0.25) is 0 Å². The highest BCUT2D eigenvalue weighted by molar-refractivity contribution is 5.87. The van der Waals surface area contributed by atoms with Crippen LogP contribution in [-0.4, -0.2) is 34.5 Å². The molecule has 0 aliphatic rings. The van der Waals surface area contributed by atoms with Crippen LogP contribution < -0.4 is 0 Å². The van der Waals surface area contributed by atoms with E-state index in [-0.39, 0.29) is 18.8 Å². The summed E-state index contributed by atoms with van der Waals surface area (Å²) in [6.07, 6.45) is 0. The molecule has 0 aliphatic carbocycles. The Morgan fingerprint density at radius 3 is 2.43 bits per heavy atom. The van der Waals surface area contributed by atoms with Crippen molar-refractivity contribution < 1.29 is 20.1 Å². The average molecular weight is 196 g/mol. The number of hydrogen-bond acceptors (Lipinski definition) is 3. The molecule has 0 spiro atoms. The third-order valence-electron chi connectivity index (χ3n) is 2.05. The molecule has 0 heterocycles. The van der Waals surface area contributed by atoms with Gasteiger partial charge in [0.05, 0.1) is 18.8 Å². The molecule has 76 valence electrons. The number of benzene rings is 1. The van der Waals surface area contributed by atoms with E-state index >= 15 is 0 Å². The first-order valence-corrected chi connectivity index (χ1v) is 4.24. The zero-order chi connectivity index (χ0) is 10.6. The van der Waals surface area contributed by atoms with Crippen LogP contribution in [-0.2, 0) is 0 Å². The molecule has 0 atom stereocenters. The lowest BCUT2D eigenvalue weighted by atomic mass is 9.99. The van der Waals surface area contributed by atoms with Crippen molar-refractivity contribution >= 4 is 5.97 Å². The van der Waals surface area contributed by atoms with Gasteiger partial charge in [-0.2, -0.15) is 0 Å². The summed E-state index contributed by atoms with van der Waals surface area (Å²) in [6, 6.07) is 6.21. The molecule has 0 amide bonds. The van der Waals surface area contributed by atoms with Crippen LogP contribution in [0.4, 0.5) is 0 Å². The first kappa shape index (κ1) is 10.7. The van der Waals surface area contributed by atoms with Crippen molar-refractivity contribution in [1.29, 1.82) is 0 Å². The summed E-state index contributed by atoms with van der Waals surface area (Å²) < 4.78 is 0. The van der Waals surface area contributed by atoms with Crippen LogP contribution in [0.25, 0.3) is 0 Å². The number of carbonyl (C=O) groups is 1. The summed E-state index contributed by atoms with van der Waals surface area (Å²) in [5.41, 5.74) is 0.796. The fourth-order valence-corrected chi connectivity index (χ4v) is 1.19. The second-order valence-electron chi connectivity index (χ2n) is 2.99. The average Bonchev–Trinajstić information content (AvgIpc) is 2.20. The number of aliphatic hydroxyl groups excluding tert-OH is 2. The summed E-state index contributed by atoms with van der Waals surface area (Å²) in [6.45, 7) is -0.390. The van der Waals surface area contributed by atoms with E-state index in [1.807, 2.05) is 0 Å². The lowest BCUT2D eigenvalue weighted by molar-refractivity contribution is 0.0696. The molecule has 1 rings (SSSR count). The monoisotopic (exact) mass is 196 g/mol. The number of aliphatic hydroxyl groups is 2. The zero-order valence-electron chi connectivity index (χ0n) is 7.55. The zero-order valence-corrected chi connectivity index (χ0v) is 7.55. The molecule has 0 aliphatic heterocycles. The first-order chi connectivity index (χ1) is 6.69. The molecular weight excluding hydrogens is 184 g/mol. The molecule has 0 radical (unpaired) electrons. The van der Waals surface area contributed by atoms with Gasteiger partial charge in [-0.3, -0.25) is 0 Å². The van der Waals surface area contributed by atoms with Crippen LogP contribution in [0, 0.1) is 0 Å². The summed E-state index contributed by atoms with van der Waals surface area (Å²) in [4.78, 5) is 10.6. The fourth-order valence-electron chi connectivity index (χ4n) is 1.19. The van der Waals surface area contributed by atoms with Gasteiger partial charge in [-0.15, -0.1) is 0 Å². The Bertz CT molecular complexity index is 318. The molecule has 0 unspecified atom stereocenters. The van der Waals surface area contributed by atoms with Crippen LogP contribution in [0.1, 0.15) is 21.8 Å². The Kier molecular flexibility index (Phi) is 3.62. The van der Waals surface area contributed by atoms with Gasteiger partial charge in [0, 0.05) is 5.92 Å². The van der Waals surface area contributed by atoms with E-state index in [0.29, 0.717) is 5.56 Å². The van der Waals surface area contributed by atoms with Crippen molar-refractivity contribution in [2.24, 2.45) is 0 Å². The molecule has 0 aromatic heterocycles. The van der Waals surface area contributed by atoms with Gasteiger partial charge in [0.1, 0.15) is 0 Å². The van der Waals surface area contributed by atoms with E-state index in [1.54, 1.807) is 12.1 Å². The highest BCUT2D eigenvalue weighted by atomic mass is 16.4. The van der Waals surface area contributed by atoms with Gasteiger partial charge in [-0.05, 0) is 17.7 Å². The summed E-state index contributed by atoms with van der Waals surface area (Å²) in [5, 5.41) is 26.5. The second kappa shape index (κ2) is 4.74. The molecule has 0 bridgehead atoms. The van der Waals surface area contributed by atoms with Gasteiger partial charge in [0.15, 0.2) is 0 Å². The van der Waals surface area contributed by atoms with E-state index in [0.717, 1.165) is 0 Å². The standard InChI is InChI=1S/C10H12O4/c11-5-9(6-12)7-2-1-3-8(4-7)10(13)14/h1-4,9,11-12H,5-6H2,(H,13,14). The molecule has 14 heavy (non-hydrogen) atoms. The minimum absolute atomic E-state index is 0.161. The van der Waals surface area contributed by atoms with Crippen molar-refractivity contribution in [2.75, 3.05) is 13.2 Å². The normalized spacial score (nSPS) is 10.5. The van der Waals surface area contributed by atoms with Crippen molar-refractivity contribution in [2.45, 2.75) is 5.92 Å². The third-order valence-corrected chi connectivity index (χ3v) is 2.05. The van der Waals surface area contributed by atoms with Crippen LogP contribution in [0.15, 0.2) is 24.3 Å². The van der Waals surface area contributed by atoms with Crippen molar-refractivity contribution in [3.8, 4) is 0 Å². The number of carboxylic acids is 1. The number of carboxylic acid groups (broad SMARTS) is 1. The maximum absolute atomic E-state index is 10.6. The lowest BCUT2D eigenvalue weighted by Crippen LogP contribution is -2.09. The van der Waals surface area contributed by atoms with Gasteiger partial charge < -0.3 is 15.3 Å². The predicted octanol–water partition coefficient (Wildman–Crippen LogP) is 0.453. The molecule has 1 aromatic carbocycles. The van der Waals surface area contributed by atoms with E-state index in [9.17, 15) is 4.79 Å². The SMILES string of the molecule is O=C(O)c1cccc(C(CO)CO)c1. The maximum atomic E-state index is 10.6. The van der Waals surface area contributed by atoms with E-state index in [4.69, 9.17) is 15.3 Å². The third kappa shape index (κ3) is 2.31. The molecular formula is C10H12O4. The Labute approximate surface area is 81.4 Å². The van der Waals surface area contributed by atoms with E-state index in [1.165, 1.54) is 12.1 Å². The van der Waals surface area contributed by atoms with Gasteiger partial charge in [0.2, 0.25) is 0 Å². The highest BCUT2D eigenvalue weighted by Crippen LogP contribution is 2.16. The topological polar surface area (TPSA) is 77.8 Å².